The topological polar surface area (TPSA) is 80.9 Å². The largest absolute Gasteiger partial charge is 0.378 e. The van der Waals surface area contributed by atoms with Crippen molar-refractivity contribution in [3.63, 3.8) is 0 Å². The van der Waals surface area contributed by atoms with E-state index in [1.807, 2.05) is 62.6 Å². The Kier molecular flexibility index (Phi) is 5.37. The van der Waals surface area contributed by atoms with Gasteiger partial charge in [-0.25, -0.2) is 4.68 Å². The number of aryl methyl sites for hydroxylation is 1. The van der Waals surface area contributed by atoms with Gasteiger partial charge in [-0.2, -0.15) is 5.10 Å². The molecule has 0 aliphatic heterocycles. The second-order valence-corrected chi connectivity index (χ2v) is 8.74. The zero-order valence-electron chi connectivity index (χ0n) is 19.0. The van der Waals surface area contributed by atoms with Gasteiger partial charge in [0.2, 0.25) is 0 Å². The van der Waals surface area contributed by atoms with Gasteiger partial charge in [0, 0.05) is 44.7 Å². The summed E-state index contributed by atoms with van der Waals surface area (Å²) in [6.07, 6.45) is 1.83. The number of benzene rings is 2. The van der Waals surface area contributed by atoms with E-state index < -0.39 is 0 Å². The van der Waals surface area contributed by atoms with Crippen molar-refractivity contribution in [1.82, 2.24) is 24.1 Å². The number of H-pyrrole nitrogens is 1. The third-order valence-electron chi connectivity index (χ3n) is 5.78. The number of para-hydroxylation sites is 1. The van der Waals surface area contributed by atoms with Crippen molar-refractivity contribution in [3.05, 3.63) is 98.3 Å². The lowest BCUT2D eigenvalue weighted by atomic mass is 10.1. The van der Waals surface area contributed by atoms with Crippen LogP contribution in [-0.2, 0) is 13.6 Å². The molecule has 3 heterocycles. The molecule has 5 aromatic rings. The number of fused-ring (bicyclic) bond motifs is 1. The number of halogens is 1. The fourth-order valence-electron chi connectivity index (χ4n) is 4.13. The highest BCUT2D eigenvalue weighted by atomic mass is 35.5. The van der Waals surface area contributed by atoms with E-state index in [1.54, 1.807) is 33.5 Å². The number of aromatic amines is 1. The summed E-state index contributed by atoms with van der Waals surface area (Å²) < 4.78 is 4.67. The van der Waals surface area contributed by atoms with Crippen molar-refractivity contribution < 1.29 is 0 Å². The fraction of sp³-hybridized carbons (Fsp3) is 0.160. The van der Waals surface area contributed by atoms with E-state index in [0.29, 0.717) is 27.3 Å². The molecule has 5 rings (SSSR count). The second kappa shape index (κ2) is 8.39. The van der Waals surface area contributed by atoms with E-state index in [0.717, 1.165) is 16.9 Å². The maximum absolute atomic E-state index is 13.7. The number of hydrogen-bond donors (Lipinski definition) is 1. The Morgan fingerprint density at radius 1 is 1.03 bits per heavy atom. The summed E-state index contributed by atoms with van der Waals surface area (Å²) in [4.78, 5) is 29.1. The minimum atomic E-state index is -0.289. The Morgan fingerprint density at radius 3 is 2.53 bits per heavy atom. The lowest BCUT2D eigenvalue weighted by molar-refractivity contribution is 0.698. The van der Waals surface area contributed by atoms with Crippen molar-refractivity contribution in [2.24, 2.45) is 7.05 Å². The number of hydrogen-bond acceptors (Lipinski definition) is 4. The molecule has 2 aromatic carbocycles. The Morgan fingerprint density at radius 2 is 1.82 bits per heavy atom. The number of anilines is 1. The molecular weight excluding hydrogens is 452 g/mol. The third kappa shape index (κ3) is 3.72. The van der Waals surface area contributed by atoms with Crippen LogP contribution in [0.4, 0.5) is 5.69 Å². The van der Waals surface area contributed by atoms with Gasteiger partial charge in [-0.1, -0.05) is 35.9 Å². The molecule has 0 atom stereocenters. The summed E-state index contributed by atoms with van der Waals surface area (Å²) in [5, 5.41) is 8.35. The van der Waals surface area contributed by atoms with Crippen LogP contribution in [0.1, 0.15) is 5.69 Å². The Balaban J connectivity index is 1.85. The highest BCUT2D eigenvalue weighted by Crippen LogP contribution is 2.29. The van der Waals surface area contributed by atoms with Crippen molar-refractivity contribution in [3.8, 4) is 16.9 Å². The van der Waals surface area contributed by atoms with Gasteiger partial charge in [-0.15, -0.1) is 0 Å². The average molecular weight is 475 g/mol. The van der Waals surface area contributed by atoms with Crippen LogP contribution >= 0.6 is 11.6 Å². The molecule has 8 nitrogen and oxygen atoms in total. The molecule has 172 valence electrons. The average Bonchev–Trinajstić information content (AvgIpc) is 3.37. The van der Waals surface area contributed by atoms with Crippen LogP contribution in [-0.4, -0.2) is 38.2 Å². The van der Waals surface area contributed by atoms with Gasteiger partial charge in [0.15, 0.2) is 0 Å². The quantitative estimate of drug-likeness (QED) is 0.421. The summed E-state index contributed by atoms with van der Waals surface area (Å²) >= 11 is 6.38. The van der Waals surface area contributed by atoms with Crippen molar-refractivity contribution in [1.29, 1.82) is 0 Å². The standard InChI is InChI=1S/C25H23ClN6O2/c1-29(2)18-8-6-7-16(13-18)24-23-20(14-22(33)31(24)15-17-11-12-30(3)27-17)28-32(25(23)34)21-10-5-4-9-19(21)26/h4-14,28H,15H2,1-3H3. The Bertz CT molecular complexity index is 1640. The highest BCUT2D eigenvalue weighted by molar-refractivity contribution is 6.32. The van der Waals surface area contributed by atoms with Crippen molar-refractivity contribution >= 4 is 28.2 Å². The molecule has 0 amide bonds. The molecule has 34 heavy (non-hydrogen) atoms. The van der Waals surface area contributed by atoms with Crippen LogP contribution in [0.15, 0.2) is 76.4 Å². The van der Waals surface area contributed by atoms with Crippen LogP contribution in [0.2, 0.25) is 5.02 Å². The third-order valence-corrected chi connectivity index (χ3v) is 6.10. The molecular formula is C25H23ClN6O2. The van der Waals surface area contributed by atoms with Gasteiger partial charge in [0.25, 0.3) is 11.1 Å². The van der Waals surface area contributed by atoms with Gasteiger partial charge in [0.05, 0.1) is 39.5 Å². The molecule has 0 spiro atoms. The van der Waals surface area contributed by atoms with E-state index in [1.165, 1.54) is 10.7 Å². The predicted molar refractivity (Wildman–Crippen MR) is 135 cm³/mol. The van der Waals surface area contributed by atoms with Crippen LogP contribution in [0, 0.1) is 0 Å². The Hall–Kier alpha value is -4.04. The predicted octanol–water partition coefficient (Wildman–Crippen LogP) is 3.65. The molecule has 0 saturated carbocycles. The van der Waals surface area contributed by atoms with Gasteiger partial charge >= 0.3 is 0 Å². The first-order valence-corrected chi connectivity index (χ1v) is 11.1. The number of aromatic nitrogens is 5. The van der Waals surface area contributed by atoms with Crippen molar-refractivity contribution in [2.45, 2.75) is 6.54 Å². The zero-order valence-corrected chi connectivity index (χ0v) is 19.7. The fourth-order valence-corrected chi connectivity index (χ4v) is 4.35. The maximum Gasteiger partial charge on any atom is 0.281 e. The summed E-state index contributed by atoms with van der Waals surface area (Å²) in [6.45, 7) is 0.230. The first-order chi connectivity index (χ1) is 16.3. The van der Waals surface area contributed by atoms with Gasteiger partial charge in [0.1, 0.15) is 0 Å². The monoisotopic (exact) mass is 474 g/mol. The smallest absolute Gasteiger partial charge is 0.281 e. The molecule has 9 heteroatoms. The molecule has 0 radical (unpaired) electrons. The molecule has 0 bridgehead atoms. The first kappa shape index (κ1) is 21.8. The first-order valence-electron chi connectivity index (χ1n) is 10.7. The number of nitrogens with zero attached hydrogens (tertiary/aromatic N) is 5. The van der Waals surface area contributed by atoms with Crippen LogP contribution in [0.5, 0.6) is 0 Å². The summed E-state index contributed by atoms with van der Waals surface area (Å²) in [6, 6.07) is 18.2. The van der Waals surface area contributed by atoms with Gasteiger partial charge < -0.3 is 9.47 Å². The van der Waals surface area contributed by atoms with Crippen LogP contribution < -0.4 is 16.0 Å². The lowest BCUT2D eigenvalue weighted by Crippen LogP contribution is -2.24. The van der Waals surface area contributed by atoms with Crippen molar-refractivity contribution in [2.75, 3.05) is 19.0 Å². The SMILES string of the molecule is CN(C)c1cccc(-c2c3c(=O)n(-c4ccccc4Cl)[nH]c3cc(=O)n2Cc2ccn(C)n2)c1. The Labute approximate surface area is 200 Å². The van der Waals surface area contributed by atoms with Gasteiger partial charge in [-0.3, -0.25) is 19.4 Å². The van der Waals surface area contributed by atoms with E-state index in [-0.39, 0.29) is 17.7 Å². The lowest BCUT2D eigenvalue weighted by Gasteiger charge is -2.16. The molecule has 0 aliphatic carbocycles. The van der Waals surface area contributed by atoms with E-state index in [9.17, 15) is 9.59 Å². The van der Waals surface area contributed by atoms with Crippen LogP contribution in [0.3, 0.4) is 0 Å². The summed E-state index contributed by atoms with van der Waals surface area (Å²) in [5.74, 6) is 0. The number of nitrogens with one attached hydrogen (secondary N) is 1. The summed E-state index contributed by atoms with van der Waals surface area (Å²) in [7, 11) is 5.72. The zero-order chi connectivity index (χ0) is 24.0. The normalized spacial score (nSPS) is 11.3. The molecule has 0 unspecified atom stereocenters. The maximum atomic E-state index is 13.7. The second-order valence-electron chi connectivity index (χ2n) is 8.34. The molecule has 1 N–H and O–H groups in total. The van der Waals surface area contributed by atoms with E-state index in [2.05, 4.69) is 10.2 Å². The van der Waals surface area contributed by atoms with Crippen LogP contribution in [0.25, 0.3) is 27.8 Å². The molecule has 3 aromatic heterocycles. The number of rotatable bonds is 5. The number of pyridine rings is 1. The molecule has 0 saturated heterocycles. The minimum Gasteiger partial charge on any atom is -0.378 e. The minimum absolute atomic E-state index is 0.230. The van der Waals surface area contributed by atoms with E-state index in [4.69, 9.17) is 11.6 Å². The molecule has 0 fully saturated rings. The van der Waals surface area contributed by atoms with Gasteiger partial charge in [-0.05, 0) is 30.3 Å². The van der Waals surface area contributed by atoms with E-state index >= 15 is 0 Å². The summed E-state index contributed by atoms with van der Waals surface area (Å²) in [5.41, 5.74) is 3.39. The molecule has 0 aliphatic rings. The highest BCUT2D eigenvalue weighted by Gasteiger charge is 2.21.